The summed E-state index contributed by atoms with van der Waals surface area (Å²) in [6.07, 6.45) is 0.699. The van der Waals surface area contributed by atoms with Gasteiger partial charge < -0.3 is 19.6 Å². The van der Waals surface area contributed by atoms with Gasteiger partial charge in [-0.3, -0.25) is 19.7 Å². The third kappa shape index (κ3) is 4.09. The molecular weight excluding hydrogens is 414 g/mol. The van der Waals surface area contributed by atoms with Gasteiger partial charge in [-0.25, -0.2) is 4.79 Å². The number of hydrogen-bond acceptors (Lipinski definition) is 6. The summed E-state index contributed by atoms with van der Waals surface area (Å²) in [5, 5.41) is 13.8. The highest BCUT2D eigenvalue weighted by atomic mass is 16.6. The van der Waals surface area contributed by atoms with Crippen LogP contribution in [0.2, 0.25) is 0 Å². The summed E-state index contributed by atoms with van der Waals surface area (Å²) in [5.74, 6) is -1.07. The second kappa shape index (κ2) is 7.88. The number of ether oxygens (including phenoxy) is 1. The Balaban J connectivity index is 1.52. The second-order valence-electron chi connectivity index (χ2n) is 9.73. The van der Waals surface area contributed by atoms with Crippen molar-refractivity contribution in [2.45, 2.75) is 70.2 Å². The lowest BCUT2D eigenvalue weighted by Gasteiger charge is -2.39. The average Bonchev–Trinajstić information content (AvgIpc) is 3.04. The van der Waals surface area contributed by atoms with E-state index in [1.165, 1.54) is 4.90 Å². The number of nitrogens with one attached hydrogen (secondary N) is 1. The molecule has 1 aromatic rings. The normalized spacial score (nSPS) is 23.1. The van der Waals surface area contributed by atoms with Crippen molar-refractivity contribution in [3.63, 3.8) is 0 Å². The van der Waals surface area contributed by atoms with Crippen molar-refractivity contribution in [3.05, 3.63) is 34.9 Å². The number of carbonyl (C=O) groups excluding carboxylic acids is 4. The highest BCUT2D eigenvalue weighted by Gasteiger charge is 2.44. The fraction of sp³-hybridized carbons (Fsp3) is 0.565. The smallest absolute Gasteiger partial charge is 0.410 e. The number of carbonyl (C=O) groups is 4. The Hall–Kier alpha value is -2.94. The third-order valence-electron chi connectivity index (χ3n) is 6.33. The van der Waals surface area contributed by atoms with Gasteiger partial charge in [0.15, 0.2) is 0 Å². The van der Waals surface area contributed by atoms with Crippen LogP contribution in [0, 0.1) is 0 Å². The molecule has 9 heteroatoms. The first-order valence-electron chi connectivity index (χ1n) is 11.0. The molecule has 3 heterocycles. The quantitative estimate of drug-likeness (QED) is 0.672. The van der Waals surface area contributed by atoms with E-state index in [4.69, 9.17) is 4.74 Å². The molecule has 0 spiro atoms. The van der Waals surface area contributed by atoms with Gasteiger partial charge in [0.1, 0.15) is 11.6 Å². The lowest BCUT2D eigenvalue weighted by atomic mass is 9.81. The molecule has 1 atom stereocenters. The minimum absolute atomic E-state index is 0.188. The zero-order valence-corrected chi connectivity index (χ0v) is 18.6. The average molecular weight is 444 g/mol. The van der Waals surface area contributed by atoms with E-state index in [2.05, 4.69) is 5.32 Å². The zero-order valence-electron chi connectivity index (χ0n) is 18.6. The molecule has 1 aromatic carbocycles. The summed E-state index contributed by atoms with van der Waals surface area (Å²) in [6, 6.07) is 4.54. The SMILES string of the molecule is CC(C)(C)OC(=O)N1CCC(O)(c2cccc3c2CN(C2CCC(=O)NC2=O)C3=O)CC1. The minimum atomic E-state index is -1.19. The van der Waals surface area contributed by atoms with Crippen molar-refractivity contribution >= 4 is 23.8 Å². The Bertz CT molecular complexity index is 974. The maximum atomic E-state index is 13.0. The van der Waals surface area contributed by atoms with Crippen LogP contribution in [0.1, 0.15) is 67.9 Å². The summed E-state index contributed by atoms with van der Waals surface area (Å²) >= 11 is 0. The molecule has 0 aliphatic carbocycles. The third-order valence-corrected chi connectivity index (χ3v) is 6.33. The molecule has 3 aliphatic rings. The Morgan fingerprint density at radius 3 is 2.50 bits per heavy atom. The van der Waals surface area contributed by atoms with Crippen LogP contribution in [0.15, 0.2) is 18.2 Å². The van der Waals surface area contributed by atoms with Gasteiger partial charge in [-0.2, -0.15) is 0 Å². The Morgan fingerprint density at radius 1 is 1.19 bits per heavy atom. The van der Waals surface area contributed by atoms with Gasteiger partial charge >= 0.3 is 6.09 Å². The number of amides is 4. The molecule has 1 unspecified atom stereocenters. The second-order valence-corrected chi connectivity index (χ2v) is 9.73. The number of nitrogens with zero attached hydrogens (tertiary/aromatic N) is 2. The lowest BCUT2D eigenvalue weighted by Crippen LogP contribution is -2.52. The number of benzene rings is 1. The summed E-state index contributed by atoms with van der Waals surface area (Å²) < 4.78 is 5.43. The Morgan fingerprint density at radius 2 is 1.88 bits per heavy atom. The summed E-state index contributed by atoms with van der Waals surface area (Å²) in [6.45, 7) is 6.30. The summed E-state index contributed by atoms with van der Waals surface area (Å²) in [7, 11) is 0. The minimum Gasteiger partial charge on any atom is -0.444 e. The van der Waals surface area contributed by atoms with E-state index in [1.807, 2.05) is 26.8 Å². The lowest BCUT2D eigenvalue weighted by molar-refractivity contribution is -0.136. The van der Waals surface area contributed by atoms with Crippen molar-refractivity contribution in [1.29, 1.82) is 0 Å². The van der Waals surface area contributed by atoms with E-state index >= 15 is 0 Å². The fourth-order valence-corrected chi connectivity index (χ4v) is 4.68. The van der Waals surface area contributed by atoms with E-state index in [0.29, 0.717) is 42.6 Å². The summed E-state index contributed by atoms with van der Waals surface area (Å²) in [4.78, 5) is 52.3. The molecule has 172 valence electrons. The molecule has 9 nitrogen and oxygen atoms in total. The van der Waals surface area contributed by atoms with E-state index in [0.717, 1.165) is 0 Å². The zero-order chi connectivity index (χ0) is 23.3. The van der Waals surface area contributed by atoms with Crippen LogP contribution in [-0.4, -0.2) is 63.5 Å². The van der Waals surface area contributed by atoms with Crippen molar-refractivity contribution in [1.82, 2.24) is 15.1 Å². The number of likely N-dealkylation sites (tertiary alicyclic amines) is 1. The predicted octanol–water partition coefficient (Wildman–Crippen LogP) is 1.67. The standard InChI is InChI=1S/C23H29N3O6/c1-22(2,3)32-21(30)25-11-9-23(31,10-12-25)16-6-4-5-14-15(16)13-26(20(14)29)17-7-8-18(27)24-19(17)28/h4-6,17,31H,7-13H2,1-3H3,(H,24,27,28). The first-order chi connectivity index (χ1) is 15.0. The van der Waals surface area contributed by atoms with Crippen LogP contribution in [0.4, 0.5) is 4.79 Å². The monoisotopic (exact) mass is 443 g/mol. The number of hydrogen-bond donors (Lipinski definition) is 2. The van der Waals surface area contributed by atoms with Gasteiger partial charge in [-0.1, -0.05) is 12.1 Å². The number of rotatable bonds is 2. The molecule has 4 amide bonds. The molecule has 4 rings (SSSR count). The van der Waals surface area contributed by atoms with Crippen LogP contribution in [0.5, 0.6) is 0 Å². The van der Waals surface area contributed by atoms with Crippen LogP contribution in [0.25, 0.3) is 0 Å². The molecule has 0 aromatic heterocycles. The first-order valence-corrected chi connectivity index (χ1v) is 11.0. The number of aliphatic hydroxyl groups is 1. The van der Waals surface area contributed by atoms with Crippen molar-refractivity contribution in [3.8, 4) is 0 Å². The van der Waals surface area contributed by atoms with Gasteiger partial charge in [-0.15, -0.1) is 0 Å². The van der Waals surface area contributed by atoms with Gasteiger partial charge in [0.05, 0.1) is 5.60 Å². The van der Waals surface area contributed by atoms with E-state index in [-0.39, 0.29) is 31.2 Å². The van der Waals surface area contributed by atoms with Crippen molar-refractivity contribution < 1.29 is 29.0 Å². The van der Waals surface area contributed by atoms with Crippen LogP contribution >= 0.6 is 0 Å². The van der Waals surface area contributed by atoms with Crippen molar-refractivity contribution in [2.75, 3.05) is 13.1 Å². The van der Waals surface area contributed by atoms with Crippen molar-refractivity contribution in [2.24, 2.45) is 0 Å². The fourth-order valence-electron chi connectivity index (χ4n) is 4.68. The maximum absolute atomic E-state index is 13.0. The van der Waals surface area contributed by atoms with E-state index < -0.39 is 29.2 Å². The van der Waals surface area contributed by atoms with Gasteiger partial charge in [0.2, 0.25) is 11.8 Å². The molecule has 0 saturated carbocycles. The van der Waals surface area contributed by atoms with Gasteiger partial charge in [0.25, 0.3) is 5.91 Å². The molecule has 32 heavy (non-hydrogen) atoms. The Kier molecular flexibility index (Phi) is 5.48. The van der Waals surface area contributed by atoms with Crippen LogP contribution < -0.4 is 5.32 Å². The number of fused-ring (bicyclic) bond motifs is 1. The highest BCUT2D eigenvalue weighted by molar-refractivity contribution is 6.05. The summed E-state index contributed by atoms with van der Waals surface area (Å²) in [5.41, 5.74) is 0.0446. The molecule has 0 bridgehead atoms. The molecule has 2 saturated heterocycles. The van der Waals surface area contributed by atoms with Gasteiger partial charge in [0, 0.05) is 31.6 Å². The molecular formula is C23H29N3O6. The predicted molar refractivity (Wildman–Crippen MR) is 113 cm³/mol. The largest absolute Gasteiger partial charge is 0.444 e. The highest BCUT2D eigenvalue weighted by Crippen LogP contribution is 2.39. The van der Waals surface area contributed by atoms with E-state index in [9.17, 15) is 24.3 Å². The molecule has 3 aliphatic heterocycles. The first kappa shape index (κ1) is 22.3. The maximum Gasteiger partial charge on any atom is 0.410 e. The molecule has 2 N–H and O–H groups in total. The van der Waals surface area contributed by atoms with Crippen LogP contribution in [0.3, 0.4) is 0 Å². The number of piperidine rings is 2. The van der Waals surface area contributed by atoms with E-state index in [1.54, 1.807) is 17.0 Å². The topological polar surface area (TPSA) is 116 Å². The van der Waals surface area contributed by atoms with Crippen LogP contribution in [-0.2, 0) is 26.5 Å². The van der Waals surface area contributed by atoms with Gasteiger partial charge in [-0.05, 0) is 57.2 Å². The molecule has 0 radical (unpaired) electrons. The Labute approximate surface area is 186 Å². The number of imide groups is 1. The molecule has 2 fully saturated rings.